The molecule has 2 rings (SSSR count). The highest BCUT2D eigenvalue weighted by Crippen LogP contribution is 2.30. The zero-order chi connectivity index (χ0) is 13.1. The molecule has 0 saturated carbocycles. The Bertz CT molecular complexity index is 504. The second kappa shape index (κ2) is 5.19. The fourth-order valence-electron chi connectivity index (χ4n) is 2.25. The number of anilines is 1. The molecule has 0 aromatic heterocycles. The maximum absolute atomic E-state index is 12.0. The lowest BCUT2D eigenvalue weighted by Crippen LogP contribution is -2.31. The molecule has 4 nitrogen and oxygen atoms in total. The number of hydrogen-bond acceptors (Lipinski definition) is 3. The molecule has 1 amide bonds. The lowest BCUT2D eigenvalue weighted by molar-refractivity contribution is -0.117. The monoisotopic (exact) mass is 243 g/mol. The molecule has 2 N–H and O–H groups in total. The van der Waals surface area contributed by atoms with Crippen molar-refractivity contribution < 1.29 is 4.79 Å². The van der Waals surface area contributed by atoms with E-state index in [1.165, 1.54) is 0 Å². The first-order valence-electron chi connectivity index (χ1n) is 6.21. The number of carbonyl (C=O) groups is 1. The molecular formula is C14H17N3O. The van der Waals surface area contributed by atoms with Crippen LogP contribution < -0.4 is 10.6 Å². The summed E-state index contributed by atoms with van der Waals surface area (Å²) in [5, 5.41) is 9.00. The molecule has 0 saturated heterocycles. The molecule has 1 aliphatic rings. The number of nitrogens with zero attached hydrogens (tertiary/aromatic N) is 2. The standard InChI is InChI=1S/C14H17N3O/c1-2-10(7-15)9-17-13-4-3-11(8-16)5-12(13)6-14(17)18/h3-5,10H,2,6,8-9,16H2,1H3. The Hall–Kier alpha value is -1.86. The predicted molar refractivity (Wildman–Crippen MR) is 69.8 cm³/mol. The van der Waals surface area contributed by atoms with Crippen molar-refractivity contribution in [1.82, 2.24) is 0 Å². The number of hydrogen-bond donors (Lipinski definition) is 1. The second-order valence-corrected chi connectivity index (χ2v) is 4.58. The third-order valence-corrected chi connectivity index (χ3v) is 3.39. The third kappa shape index (κ3) is 2.22. The molecule has 0 radical (unpaired) electrons. The summed E-state index contributed by atoms with van der Waals surface area (Å²) in [4.78, 5) is 13.7. The predicted octanol–water partition coefficient (Wildman–Crippen LogP) is 1.58. The van der Waals surface area contributed by atoms with E-state index in [4.69, 9.17) is 11.0 Å². The highest BCUT2D eigenvalue weighted by atomic mass is 16.2. The molecule has 1 unspecified atom stereocenters. The Morgan fingerprint density at radius 2 is 2.33 bits per heavy atom. The Kier molecular flexibility index (Phi) is 3.63. The molecule has 1 aromatic carbocycles. The van der Waals surface area contributed by atoms with Crippen molar-refractivity contribution in [2.24, 2.45) is 11.7 Å². The van der Waals surface area contributed by atoms with Gasteiger partial charge in [-0.3, -0.25) is 4.79 Å². The van der Waals surface area contributed by atoms with Crippen molar-refractivity contribution in [1.29, 1.82) is 5.26 Å². The quantitative estimate of drug-likeness (QED) is 0.872. The van der Waals surface area contributed by atoms with Crippen LogP contribution in [0.1, 0.15) is 24.5 Å². The van der Waals surface area contributed by atoms with Crippen molar-refractivity contribution in [3.05, 3.63) is 29.3 Å². The van der Waals surface area contributed by atoms with Crippen LogP contribution in [0, 0.1) is 17.2 Å². The maximum Gasteiger partial charge on any atom is 0.231 e. The number of amides is 1. The Labute approximate surface area is 107 Å². The molecule has 1 atom stereocenters. The summed E-state index contributed by atoms with van der Waals surface area (Å²) in [5.74, 6) is -0.0260. The van der Waals surface area contributed by atoms with Gasteiger partial charge in [0.1, 0.15) is 0 Å². The van der Waals surface area contributed by atoms with Gasteiger partial charge in [-0.1, -0.05) is 19.1 Å². The average Bonchev–Trinajstić information content (AvgIpc) is 2.70. The Balaban J connectivity index is 2.26. The topological polar surface area (TPSA) is 70.1 Å². The normalized spacial score (nSPS) is 15.4. The Morgan fingerprint density at radius 3 is 2.94 bits per heavy atom. The second-order valence-electron chi connectivity index (χ2n) is 4.58. The van der Waals surface area contributed by atoms with E-state index < -0.39 is 0 Å². The van der Waals surface area contributed by atoms with Crippen LogP contribution >= 0.6 is 0 Å². The highest BCUT2D eigenvalue weighted by Gasteiger charge is 2.28. The van der Waals surface area contributed by atoms with Gasteiger partial charge >= 0.3 is 0 Å². The number of rotatable bonds is 4. The first-order chi connectivity index (χ1) is 8.69. The lowest BCUT2D eigenvalue weighted by Gasteiger charge is -2.20. The fraction of sp³-hybridized carbons (Fsp3) is 0.429. The first-order valence-corrected chi connectivity index (χ1v) is 6.21. The summed E-state index contributed by atoms with van der Waals surface area (Å²) >= 11 is 0. The number of nitriles is 1. The summed E-state index contributed by atoms with van der Waals surface area (Å²) < 4.78 is 0. The van der Waals surface area contributed by atoms with Crippen molar-refractivity contribution in [3.8, 4) is 6.07 Å². The summed E-state index contributed by atoms with van der Waals surface area (Å²) in [7, 11) is 0. The van der Waals surface area contributed by atoms with Crippen LogP contribution in [0.15, 0.2) is 18.2 Å². The van der Waals surface area contributed by atoms with Crippen LogP contribution in [-0.2, 0) is 17.8 Å². The zero-order valence-electron chi connectivity index (χ0n) is 10.5. The largest absolute Gasteiger partial charge is 0.326 e. The van der Waals surface area contributed by atoms with E-state index in [9.17, 15) is 4.79 Å². The van der Waals surface area contributed by atoms with Crippen LogP contribution in [0.5, 0.6) is 0 Å². The molecular weight excluding hydrogens is 226 g/mol. The van der Waals surface area contributed by atoms with Crippen LogP contribution in [0.25, 0.3) is 0 Å². The lowest BCUT2D eigenvalue weighted by atomic mass is 10.1. The van der Waals surface area contributed by atoms with E-state index in [1.54, 1.807) is 4.90 Å². The molecule has 1 aromatic rings. The van der Waals surface area contributed by atoms with Gasteiger partial charge in [-0.2, -0.15) is 5.26 Å². The van der Waals surface area contributed by atoms with Crippen LogP contribution in [0.3, 0.4) is 0 Å². The molecule has 1 aliphatic heterocycles. The molecule has 94 valence electrons. The molecule has 0 spiro atoms. The fourth-order valence-corrected chi connectivity index (χ4v) is 2.25. The molecule has 4 heteroatoms. The number of benzene rings is 1. The van der Waals surface area contributed by atoms with Crippen molar-refractivity contribution in [3.63, 3.8) is 0 Å². The molecule has 1 heterocycles. The van der Waals surface area contributed by atoms with Crippen molar-refractivity contribution in [2.45, 2.75) is 26.3 Å². The van der Waals surface area contributed by atoms with E-state index in [1.807, 2.05) is 25.1 Å². The minimum Gasteiger partial charge on any atom is -0.326 e. The smallest absolute Gasteiger partial charge is 0.231 e. The summed E-state index contributed by atoms with van der Waals surface area (Å²) in [6, 6.07) is 8.10. The third-order valence-electron chi connectivity index (χ3n) is 3.39. The molecule has 18 heavy (non-hydrogen) atoms. The zero-order valence-corrected chi connectivity index (χ0v) is 10.5. The van der Waals surface area contributed by atoms with E-state index in [0.29, 0.717) is 19.5 Å². The van der Waals surface area contributed by atoms with E-state index in [2.05, 4.69) is 6.07 Å². The van der Waals surface area contributed by atoms with Gasteiger partial charge in [0.25, 0.3) is 0 Å². The van der Waals surface area contributed by atoms with Gasteiger partial charge in [0.05, 0.1) is 18.4 Å². The minimum absolute atomic E-state index is 0.0767. The summed E-state index contributed by atoms with van der Waals surface area (Å²) in [5.41, 5.74) is 8.59. The molecule has 0 bridgehead atoms. The molecule has 0 aliphatic carbocycles. The van der Waals surface area contributed by atoms with Gasteiger partial charge in [0, 0.05) is 18.8 Å². The number of nitrogens with two attached hydrogens (primary N) is 1. The van der Waals surface area contributed by atoms with Gasteiger partial charge in [0.15, 0.2) is 0 Å². The van der Waals surface area contributed by atoms with Gasteiger partial charge < -0.3 is 10.6 Å². The van der Waals surface area contributed by atoms with E-state index >= 15 is 0 Å². The van der Waals surface area contributed by atoms with Crippen molar-refractivity contribution in [2.75, 3.05) is 11.4 Å². The van der Waals surface area contributed by atoms with Crippen molar-refractivity contribution >= 4 is 11.6 Å². The van der Waals surface area contributed by atoms with Crippen LogP contribution in [-0.4, -0.2) is 12.5 Å². The first kappa shape index (κ1) is 12.6. The Morgan fingerprint density at radius 1 is 1.56 bits per heavy atom. The number of fused-ring (bicyclic) bond motifs is 1. The SMILES string of the molecule is CCC(C#N)CN1C(=O)Cc2cc(CN)ccc21. The van der Waals surface area contributed by atoms with Crippen LogP contribution in [0.4, 0.5) is 5.69 Å². The highest BCUT2D eigenvalue weighted by molar-refractivity contribution is 6.01. The average molecular weight is 243 g/mol. The number of carbonyl (C=O) groups excluding carboxylic acids is 1. The summed E-state index contributed by atoms with van der Waals surface area (Å²) in [6.07, 6.45) is 1.18. The summed E-state index contributed by atoms with van der Waals surface area (Å²) in [6.45, 7) is 2.94. The maximum atomic E-state index is 12.0. The minimum atomic E-state index is -0.103. The van der Waals surface area contributed by atoms with Gasteiger partial charge in [-0.15, -0.1) is 0 Å². The van der Waals surface area contributed by atoms with E-state index in [-0.39, 0.29) is 11.8 Å². The van der Waals surface area contributed by atoms with Crippen LogP contribution in [0.2, 0.25) is 0 Å². The molecule has 0 fully saturated rings. The van der Waals surface area contributed by atoms with Gasteiger partial charge in [-0.25, -0.2) is 0 Å². The van der Waals surface area contributed by atoms with Gasteiger partial charge in [0.2, 0.25) is 5.91 Å². The van der Waals surface area contributed by atoms with Gasteiger partial charge in [-0.05, 0) is 23.6 Å². The van der Waals surface area contributed by atoms with E-state index in [0.717, 1.165) is 23.2 Å².